The Morgan fingerprint density at radius 3 is 2.64 bits per heavy atom. The molecule has 0 aromatic carbocycles. The van der Waals surface area contributed by atoms with Crippen LogP contribution in [0.3, 0.4) is 0 Å². The molecule has 0 heterocycles. The number of nitrogens with two attached hydrogens (primary N) is 1. The van der Waals surface area contributed by atoms with E-state index in [2.05, 4.69) is 4.72 Å². The number of nitrogens with zero attached hydrogens (tertiary/aromatic N) is 1. The zero-order chi connectivity index (χ0) is 10.8. The van der Waals surface area contributed by atoms with Gasteiger partial charge in [0.15, 0.2) is 0 Å². The molecule has 0 amide bonds. The Kier molecular flexibility index (Phi) is 3.88. The van der Waals surface area contributed by atoms with Gasteiger partial charge >= 0.3 is 0 Å². The van der Waals surface area contributed by atoms with Gasteiger partial charge in [0.1, 0.15) is 0 Å². The molecule has 0 saturated heterocycles. The number of hydrogen-bond donors (Lipinski definition) is 2. The Morgan fingerprint density at radius 2 is 2.14 bits per heavy atom. The van der Waals surface area contributed by atoms with Crippen molar-refractivity contribution in [3.8, 4) is 0 Å². The van der Waals surface area contributed by atoms with Crippen molar-refractivity contribution in [3.63, 3.8) is 0 Å². The van der Waals surface area contributed by atoms with Gasteiger partial charge < -0.3 is 5.73 Å². The minimum absolute atomic E-state index is 0.0671. The van der Waals surface area contributed by atoms with Crippen molar-refractivity contribution in [1.29, 1.82) is 0 Å². The third kappa shape index (κ3) is 2.25. The number of hydrogen-bond acceptors (Lipinski definition) is 3. The maximum atomic E-state index is 11.5. The molecule has 1 fully saturated rings. The monoisotopic (exact) mass is 221 g/mol. The first-order valence-corrected chi connectivity index (χ1v) is 6.33. The van der Waals surface area contributed by atoms with Gasteiger partial charge in [0.05, 0.1) is 0 Å². The highest BCUT2D eigenvalue weighted by Crippen LogP contribution is 2.29. The molecular formula is C8H19N3O2S. The van der Waals surface area contributed by atoms with Gasteiger partial charge in [0.25, 0.3) is 10.2 Å². The lowest BCUT2D eigenvalue weighted by Crippen LogP contribution is -2.45. The predicted molar refractivity (Wildman–Crippen MR) is 55.9 cm³/mol. The van der Waals surface area contributed by atoms with E-state index < -0.39 is 10.2 Å². The van der Waals surface area contributed by atoms with Gasteiger partial charge in [-0.3, -0.25) is 0 Å². The van der Waals surface area contributed by atoms with Crippen LogP contribution in [-0.4, -0.2) is 39.4 Å². The summed E-state index contributed by atoms with van der Waals surface area (Å²) in [5.41, 5.74) is 5.60. The minimum atomic E-state index is -3.30. The summed E-state index contributed by atoms with van der Waals surface area (Å²) in [6.45, 7) is 0.564. The second-order valence-electron chi connectivity index (χ2n) is 3.72. The first kappa shape index (κ1) is 11.9. The molecule has 1 aliphatic rings. The zero-order valence-electron chi connectivity index (χ0n) is 8.73. The topological polar surface area (TPSA) is 75.4 Å². The maximum absolute atomic E-state index is 11.5. The third-order valence-corrected chi connectivity index (χ3v) is 4.57. The van der Waals surface area contributed by atoms with Crippen molar-refractivity contribution in [3.05, 3.63) is 0 Å². The Bertz CT molecular complexity index is 278. The molecule has 6 heteroatoms. The van der Waals surface area contributed by atoms with Crippen molar-refractivity contribution < 1.29 is 8.42 Å². The van der Waals surface area contributed by atoms with Crippen LogP contribution >= 0.6 is 0 Å². The van der Waals surface area contributed by atoms with E-state index in [1.165, 1.54) is 11.4 Å². The summed E-state index contributed by atoms with van der Waals surface area (Å²) in [7, 11) is -0.252. The molecule has 3 N–H and O–H groups in total. The Morgan fingerprint density at radius 1 is 1.50 bits per heavy atom. The third-order valence-electron chi connectivity index (χ3n) is 3.03. The molecule has 0 spiro atoms. The van der Waals surface area contributed by atoms with Crippen LogP contribution in [-0.2, 0) is 10.2 Å². The molecule has 0 aromatic heterocycles. The average molecular weight is 221 g/mol. The molecule has 14 heavy (non-hydrogen) atoms. The van der Waals surface area contributed by atoms with E-state index in [1.807, 2.05) is 0 Å². The molecule has 2 unspecified atom stereocenters. The molecule has 84 valence electrons. The molecule has 0 bridgehead atoms. The number of rotatable bonds is 4. The van der Waals surface area contributed by atoms with Gasteiger partial charge in [-0.15, -0.1) is 0 Å². The second kappa shape index (κ2) is 4.57. The van der Waals surface area contributed by atoms with Gasteiger partial charge in [-0.05, 0) is 25.3 Å². The largest absolute Gasteiger partial charge is 0.330 e. The summed E-state index contributed by atoms with van der Waals surface area (Å²) in [4.78, 5) is 0. The van der Waals surface area contributed by atoms with Gasteiger partial charge in [-0.2, -0.15) is 12.7 Å². The molecule has 2 atom stereocenters. The summed E-state index contributed by atoms with van der Waals surface area (Å²) in [6, 6.07) is 0.0671. The van der Waals surface area contributed by atoms with E-state index in [0.717, 1.165) is 19.3 Å². The SMILES string of the molecule is CNS(=O)(=O)N(C)C1CCCC1CN. The minimum Gasteiger partial charge on any atom is -0.330 e. The molecule has 1 aliphatic carbocycles. The van der Waals surface area contributed by atoms with Gasteiger partial charge in [0, 0.05) is 20.1 Å². The van der Waals surface area contributed by atoms with Crippen molar-refractivity contribution in [2.45, 2.75) is 25.3 Å². The van der Waals surface area contributed by atoms with Crippen LogP contribution in [0, 0.1) is 5.92 Å². The quantitative estimate of drug-likeness (QED) is 0.672. The Labute approximate surface area is 85.8 Å². The van der Waals surface area contributed by atoms with E-state index in [0.29, 0.717) is 12.5 Å². The van der Waals surface area contributed by atoms with Crippen LogP contribution in [0.15, 0.2) is 0 Å². The van der Waals surface area contributed by atoms with E-state index in [1.54, 1.807) is 7.05 Å². The van der Waals surface area contributed by atoms with Crippen LogP contribution in [0.4, 0.5) is 0 Å². The smallest absolute Gasteiger partial charge is 0.279 e. The lowest BCUT2D eigenvalue weighted by Gasteiger charge is -2.27. The van der Waals surface area contributed by atoms with Gasteiger partial charge in [-0.25, -0.2) is 4.72 Å². The molecule has 0 radical (unpaired) electrons. The fraction of sp³-hybridized carbons (Fsp3) is 1.00. The molecular weight excluding hydrogens is 202 g/mol. The first-order chi connectivity index (χ1) is 6.53. The van der Waals surface area contributed by atoms with Crippen LogP contribution in [0.2, 0.25) is 0 Å². The summed E-state index contributed by atoms with van der Waals surface area (Å²) in [5, 5.41) is 0. The highest BCUT2D eigenvalue weighted by Gasteiger charge is 2.34. The van der Waals surface area contributed by atoms with E-state index in [-0.39, 0.29) is 6.04 Å². The standard InChI is InChI=1S/C8H19N3O2S/c1-10-14(12,13)11(2)8-5-3-4-7(8)6-9/h7-8,10H,3-6,9H2,1-2H3. The average Bonchev–Trinajstić information content (AvgIpc) is 2.64. The fourth-order valence-corrected chi connectivity index (χ4v) is 3.02. The summed E-state index contributed by atoms with van der Waals surface area (Å²) in [6.07, 6.45) is 3.01. The van der Waals surface area contributed by atoms with Crippen LogP contribution < -0.4 is 10.5 Å². The highest BCUT2D eigenvalue weighted by atomic mass is 32.2. The molecule has 1 saturated carbocycles. The number of nitrogens with one attached hydrogen (secondary N) is 1. The Hall–Kier alpha value is -0.170. The molecule has 0 aliphatic heterocycles. The summed E-state index contributed by atoms with van der Waals surface area (Å²) >= 11 is 0. The van der Waals surface area contributed by atoms with Crippen molar-refractivity contribution in [1.82, 2.24) is 9.03 Å². The van der Waals surface area contributed by atoms with E-state index in [9.17, 15) is 8.42 Å². The normalized spacial score (nSPS) is 28.6. The van der Waals surface area contributed by atoms with Crippen molar-refractivity contribution in [2.24, 2.45) is 11.7 Å². The summed E-state index contributed by atoms with van der Waals surface area (Å²) < 4.78 is 26.8. The first-order valence-electron chi connectivity index (χ1n) is 4.89. The molecule has 5 nitrogen and oxygen atoms in total. The van der Waals surface area contributed by atoms with Crippen LogP contribution in [0.5, 0.6) is 0 Å². The lowest BCUT2D eigenvalue weighted by molar-refractivity contribution is 0.302. The fourth-order valence-electron chi connectivity index (χ4n) is 2.09. The van der Waals surface area contributed by atoms with Crippen LogP contribution in [0.1, 0.15) is 19.3 Å². The van der Waals surface area contributed by atoms with Gasteiger partial charge in [-0.1, -0.05) is 6.42 Å². The lowest BCUT2D eigenvalue weighted by atomic mass is 10.0. The molecule has 0 aromatic rings. The second-order valence-corrected chi connectivity index (χ2v) is 5.65. The Balaban J connectivity index is 2.73. The maximum Gasteiger partial charge on any atom is 0.279 e. The zero-order valence-corrected chi connectivity index (χ0v) is 9.55. The van der Waals surface area contributed by atoms with Crippen molar-refractivity contribution in [2.75, 3.05) is 20.6 Å². The van der Waals surface area contributed by atoms with E-state index in [4.69, 9.17) is 5.73 Å². The highest BCUT2D eigenvalue weighted by molar-refractivity contribution is 7.87. The van der Waals surface area contributed by atoms with Crippen molar-refractivity contribution >= 4 is 10.2 Å². The van der Waals surface area contributed by atoms with E-state index >= 15 is 0 Å². The molecule has 1 rings (SSSR count). The predicted octanol–water partition coefficient (Wildman–Crippen LogP) is -0.490. The summed E-state index contributed by atoms with van der Waals surface area (Å²) in [5.74, 6) is 0.308. The van der Waals surface area contributed by atoms with Gasteiger partial charge in [0.2, 0.25) is 0 Å². The van der Waals surface area contributed by atoms with Crippen LogP contribution in [0.25, 0.3) is 0 Å².